The number of anilines is 1. The third kappa shape index (κ3) is 5.25. The Morgan fingerprint density at radius 1 is 1.07 bits per heavy atom. The van der Waals surface area contributed by atoms with Gasteiger partial charge >= 0.3 is 0 Å². The van der Waals surface area contributed by atoms with Gasteiger partial charge < -0.3 is 15.1 Å². The quantitative estimate of drug-likeness (QED) is 0.763. The number of para-hydroxylation sites is 1. The fourth-order valence-corrected chi connectivity index (χ4v) is 3.44. The number of carbonyl (C=O) groups excluding carboxylic acids is 1. The Labute approximate surface area is 170 Å². The Morgan fingerprint density at radius 2 is 1.81 bits per heavy atom. The van der Waals surface area contributed by atoms with E-state index in [2.05, 4.69) is 34.3 Å². The lowest BCUT2D eigenvalue weighted by Crippen LogP contribution is -2.45. The van der Waals surface area contributed by atoms with E-state index in [0.29, 0.717) is 16.6 Å². The van der Waals surface area contributed by atoms with Crippen LogP contribution in [0, 0.1) is 0 Å². The number of nitrogens with one attached hydrogen (secondary N) is 1. The molecular weight excluding hydrogens is 381 g/mol. The van der Waals surface area contributed by atoms with E-state index in [1.54, 1.807) is 18.2 Å². The van der Waals surface area contributed by atoms with E-state index < -0.39 is 0 Å². The minimum absolute atomic E-state index is 0.167. The summed E-state index contributed by atoms with van der Waals surface area (Å²) >= 11 is 12.1. The zero-order valence-corrected chi connectivity index (χ0v) is 16.8. The number of hydrogen-bond acceptors (Lipinski definition) is 3. The fraction of sp³-hybridized carbons (Fsp3) is 0.286. The van der Waals surface area contributed by atoms with Crippen LogP contribution in [0.25, 0.3) is 6.08 Å². The number of likely N-dealkylation sites (N-methyl/N-ethyl adjacent to an activating group) is 1. The molecule has 0 bridgehead atoms. The summed E-state index contributed by atoms with van der Waals surface area (Å²) in [4.78, 5) is 16.9. The Kier molecular flexibility index (Phi) is 6.78. The molecule has 1 heterocycles. The average Bonchev–Trinajstić information content (AvgIpc) is 2.68. The number of halogens is 2. The van der Waals surface area contributed by atoms with Crippen LogP contribution in [0.3, 0.4) is 0 Å². The van der Waals surface area contributed by atoms with Crippen LogP contribution in [0.5, 0.6) is 0 Å². The summed E-state index contributed by atoms with van der Waals surface area (Å²) in [5.74, 6) is -0.167. The van der Waals surface area contributed by atoms with Gasteiger partial charge in [0.05, 0.1) is 10.0 Å². The predicted octanol–water partition coefficient (Wildman–Crippen LogP) is 4.07. The van der Waals surface area contributed by atoms with Crippen molar-refractivity contribution in [1.82, 2.24) is 10.2 Å². The lowest BCUT2D eigenvalue weighted by molar-refractivity contribution is -0.116. The molecule has 1 saturated heterocycles. The first-order valence-corrected chi connectivity index (χ1v) is 9.71. The molecule has 1 aliphatic rings. The summed E-state index contributed by atoms with van der Waals surface area (Å²) in [5.41, 5.74) is 3.02. The summed E-state index contributed by atoms with van der Waals surface area (Å²) in [6.07, 6.45) is 3.16. The molecule has 0 spiro atoms. The summed E-state index contributed by atoms with van der Waals surface area (Å²) in [5, 5.41) is 3.87. The number of piperazine rings is 1. The highest BCUT2D eigenvalue weighted by molar-refractivity contribution is 6.42. The van der Waals surface area contributed by atoms with Crippen molar-refractivity contribution in [3.8, 4) is 0 Å². The molecular formula is C21H23Cl2N3O. The van der Waals surface area contributed by atoms with Crippen LogP contribution in [0.1, 0.15) is 11.1 Å². The molecule has 0 saturated carbocycles. The molecule has 0 aliphatic carbocycles. The van der Waals surface area contributed by atoms with Crippen LogP contribution >= 0.6 is 23.2 Å². The molecule has 2 aromatic carbocycles. The summed E-state index contributed by atoms with van der Waals surface area (Å²) in [6, 6.07) is 13.6. The number of carbonyl (C=O) groups is 1. The topological polar surface area (TPSA) is 35.6 Å². The van der Waals surface area contributed by atoms with Gasteiger partial charge in [-0.2, -0.15) is 0 Å². The van der Waals surface area contributed by atoms with Gasteiger partial charge in [-0.15, -0.1) is 0 Å². The molecule has 6 heteroatoms. The van der Waals surface area contributed by atoms with E-state index in [9.17, 15) is 4.79 Å². The molecule has 0 atom stereocenters. The van der Waals surface area contributed by atoms with Gasteiger partial charge in [0, 0.05) is 44.5 Å². The highest BCUT2D eigenvalue weighted by Gasteiger charge is 2.16. The fourth-order valence-electron chi connectivity index (χ4n) is 3.07. The van der Waals surface area contributed by atoms with Crippen LogP contribution in [0.4, 0.5) is 5.69 Å². The molecule has 0 unspecified atom stereocenters. The first-order valence-electron chi connectivity index (χ1n) is 8.96. The molecule has 0 radical (unpaired) electrons. The van der Waals surface area contributed by atoms with Crippen LogP contribution in [-0.4, -0.2) is 44.0 Å². The maximum Gasteiger partial charge on any atom is 0.244 e. The normalized spacial score (nSPS) is 15.3. The van der Waals surface area contributed by atoms with Crippen molar-refractivity contribution < 1.29 is 4.79 Å². The lowest BCUT2D eigenvalue weighted by Gasteiger charge is -2.35. The van der Waals surface area contributed by atoms with Crippen molar-refractivity contribution in [2.24, 2.45) is 0 Å². The second-order valence-electron chi connectivity index (χ2n) is 6.61. The highest BCUT2D eigenvalue weighted by atomic mass is 35.5. The van der Waals surface area contributed by atoms with E-state index in [0.717, 1.165) is 37.3 Å². The molecule has 1 N–H and O–H groups in total. The molecule has 27 heavy (non-hydrogen) atoms. The van der Waals surface area contributed by atoms with Gasteiger partial charge in [0.2, 0.25) is 5.91 Å². The number of nitrogens with zero attached hydrogens (tertiary/aromatic N) is 2. The predicted molar refractivity (Wildman–Crippen MR) is 113 cm³/mol. The van der Waals surface area contributed by atoms with E-state index in [-0.39, 0.29) is 5.91 Å². The van der Waals surface area contributed by atoms with Gasteiger partial charge in [-0.1, -0.05) is 53.5 Å². The maximum atomic E-state index is 12.2. The van der Waals surface area contributed by atoms with Crippen molar-refractivity contribution >= 4 is 40.9 Å². The van der Waals surface area contributed by atoms with Crippen LogP contribution in [0.15, 0.2) is 48.5 Å². The Bertz CT molecular complexity index is 830. The second kappa shape index (κ2) is 9.27. The standard InChI is InChI=1S/C21H23Cl2N3O/c1-25-11-13-26(14-12-25)19-8-3-2-5-17(19)15-24-20(27)10-9-16-6-4-7-18(22)21(16)23/h2-10H,11-15H2,1H3,(H,24,27)/b10-9+. The zero-order chi connectivity index (χ0) is 19.2. The molecule has 4 nitrogen and oxygen atoms in total. The average molecular weight is 404 g/mol. The third-order valence-corrected chi connectivity index (χ3v) is 5.52. The van der Waals surface area contributed by atoms with Crippen LogP contribution in [0.2, 0.25) is 10.0 Å². The van der Waals surface area contributed by atoms with Crippen LogP contribution < -0.4 is 10.2 Å². The minimum atomic E-state index is -0.167. The SMILES string of the molecule is CN1CCN(c2ccccc2CNC(=O)/C=C/c2cccc(Cl)c2Cl)CC1. The van der Waals surface area contributed by atoms with Gasteiger partial charge in [-0.25, -0.2) is 0 Å². The number of benzene rings is 2. The monoisotopic (exact) mass is 403 g/mol. The smallest absolute Gasteiger partial charge is 0.244 e. The van der Waals surface area contributed by atoms with E-state index in [1.807, 2.05) is 18.2 Å². The maximum absolute atomic E-state index is 12.2. The number of amides is 1. The van der Waals surface area contributed by atoms with Gasteiger partial charge in [0.25, 0.3) is 0 Å². The molecule has 1 aliphatic heterocycles. The van der Waals surface area contributed by atoms with E-state index in [4.69, 9.17) is 23.2 Å². The van der Waals surface area contributed by atoms with Crippen molar-refractivity contribution in [1.29, 1.82) is 0 Å². The molecule has 3 rings (SSSR count). The first-order chi connectivity index (χ1) is 13.0. The molecule has 142 valence electrons. The van der Waals surface area contributed by atoms with E-state index in [1.165, 1.54) is 11.8 Å². The molecule has 2 aromatic rings. The van der Waals surface area contributed by atoms with E-state index >= 15 is 0 Å². The van der Waals surface area contributed by atoms with Crippen molar-refractivity contribution in [2.75, 3.05) is 38.1 Å². The number of hydrogen-bond donors (Lipinski definition) is 1. The highest BCUT2D eigenvalue weighted by Crippen LogP contribution is 2.26. The van der Waals surface area contributed by atoms with Crippen molar-refractivity contribution in [3.63, 3.8) is 0 Å². The van der Waals surface area contributed by atoms with Gasteiger partial charge in [-0.3, -0.25) is 4.79 Å². The molecule has 1 amide bonds. The van der Waals surface area contributed by atoms with Gasteiger partial charge in [0.1, 0.15) is 0 Å². The lowest BCUT2D eigenvalue weighted by atomic mass is 10.1. The Morgan fingerprint density at radius 3 is 2.59 bits per heavy atom. The molecule has 0 aromatic heterocycles. The summed E-state index contributed by atoms with van der Waals surface area (Å²) < 4.78 is 0. The van der Waals surface area contributed by atoms with Gasteiger partial charge in [-0.05, 0) is 36.4 Å². The largest absolute Gasteiger partial charge is 0.369 e. The Balaban J connectivity index is 1.62. The third-order valence-electron chi connectivity index (χ3n) is 4.68. The van der Waals surface area contributed by atoms with Crippen molar-refractivity contribution in [3.05, 3.63) is 69.7 Å². The van der Waals surface area contributed by atoms with Crippen LogP contribution in [-0.2, 0) is 11.3 Å². The zero-order valence-electron chi connectivity index (χ0n) is 15.3. The number of rotatable bonds is 5. The molecule has 1 fully saturated rings. The van der Waals surface area contributed by atoms with Gasteiger partial charge in [0.15, 0.2) is 0 Å². The summed E-state index contributed by atoms with van der Waals surface area (Å²) in [6.45, 7) is 4.56. The first kappa shape index (κ1) is 19.7. The Hall–Kier alpha value is -2.01. The second-order valence-corrected chi connectivity index (χ2v) is 7.40. The minimum Gasteiger partial charge on any atom is -0.369 e. The van der Waals surface area contributed by atoms with Crippen molar-refractivity contribution in [2.45, 2.75) is 6.54 Å². The summed E-state index contributed by atoms with van der Waals surface area (Å²) in [7, 11) is 2.14.